The number of allylic oxidation sites excluding steroid dienone is 1. The van der Waals surface area contributed by atoms with Gasteiger partial charge in [0.15, 0.2) is 0 Å². The van der Waals surface area contributed by atoms with E-state index in [1.54, 1.807) is 0 Å². The third-order valence-corrected chi connectivity index (χ3v) is 2.06. The molecule has 0 aliphatic heterocycles. The monoisotopic (exact) mass is 272 g/mol. The molecule has 0 radical (unpaired) electrons. The van der Waals surface area contributed by atoms with Crippen LogP contribution in [0.3, 0.4) is 0 Å². The maximum atomic E-state index is 12.2. The Bertz CT molecular complexity index is 535. The molecule has 0 spiro atoms. The maximum absolute atomic E-state index is 12.2. The zero-order chi connectivity index (χ0) is 12.5. The van der Waals surface area contributed by atoms with Gasteiger partial charge in [-0.25, -0.2) is 4.79 Å². The van der Waals surface area contributed by atoms with Crippen molar-refractivity contribution < 1.29 is 64.3 Å². The Labute approximate surface area is 138 Å². The van der Waals surface area contributed by atoms with Gasteiger partial charge in [-0.15, -0.1) is 12.1 Å². The van der Waals surface area contributed by atoms with Gasteiger partial charge in [-0.2, -0.15) is 0 Å². The molecule has 0 fully saturated rings. The third kappa shape index (κ3) is 4.25. The fourth-order valence-corrected chi connectivity index (χ4v) is 1.07. The second-order valence-corrected chi connectivity index (χ2v) is 3.37. The Balaban J connectivity index is 0.00000256. The van der Waals surface area contributed by atoms with E-state index < -0.39 is 30.2 Å². The van der Waals surface area contributed by atoms with Crippen LogP contribution in [0.4, 0.5) is 12.9 Å². The Morgan fingerprint density at radius 1 is 1.41 bits per heavy atom. The SMILES string of the molecule is C=C(Cn1c(=O)ccn(C)c1=O)[B-](F)(F)F.[K+]. The van der Waals surface area contributed by atoms with Crippen LogP contribution in [0.5, 0.6) is 0 Å². The number of aromatic nitrogens is 2. The van der Waals surface area contributed by atoms with E-state index in [4.69, 9.17) is 0 Å². The Kier molecular flexibility index (Phi) is 6.16. The third-order valence-electron chi connectivity index (χ3n) is 2.06. The number of hydrogen-bond acceptors (Lipinski definition) is 2. The van der Waals surface area contributed by atoms with Gasteiger partial charge < -0.3 is 17.5 Å². The van der Waals surface area contributed by atoms with Crippen LogP contribution in [0.1, 0.15) is 0 Å². The number of rotatable bonds is 3. The first kappa shape index (κ1) is 16.9. The topological polar surface area (TPSA) is 44.0 Å². The summed E-state index contributed by atoms with van der Waals surface area (Å²) in [5.74, 6) is 0. The number of hydrogen-bond donors (Lipinski definition) is 0. The molecule has 1 aromatic rings. The molecule has 0 bridgehead atoms. The average molecular weight is 272 g/mol. The van der Waals surface area contributed by atoms with E-state index in [0.29, 0.717) is 4.57 Å². The number of aryl methyl sites for hydroxylation is 1. The van der Waals surface area contributed by atoms with Gasteiger partial charge in [0, 0.05) is 25.9 Å². The van der Waals surface area contributed by atoms with Crippen molar-refractivity contribution >= 4 is 6.98 Å². The summed E-state index contributed by atoms with van der Waals surface area (Å²) in [7, 11) is 1.35. The molecular weight excluding hydrogens is 263 g/mol. The van der Waals surface area contributed by atoms with E-state index in [2.05, 4.69) is 6.58 Å². The largest absolute Gasteiger partial charge is 1.00 e. The second-order valence-electron chi connectivity index (χ2n) is 3.37. The van der Waals surface area contributed by atoms with Gasteiger partial charge in [-0.3, -0.25) is 9.36 Å². The summed E-state index contributed by atoms with van der Waals surface area (Å²) in [6.45, 7) is -3.24. The van der Waals surface area contributed by atoms with Crippen molar-refractivity contribution in [2.24, 2.45) is 7.05 Å². The van der Waals surface area contributed by atoms with E-state index in [1.807, 2.05) is 0 Å². The summed E-state index contributed by atoms with van der Waals surface area (Å²) in [5, 5.41) is 0. The molecule has 0 saturated carbocycles. The van der Waals surface area contributed by atoms with Crippen molar-refractivity contribution in [2.75, 3.05) is 0 Å². The predicted molar refractivity (Wildman–Crippen MR) is 54.2 cm³/mol. The van der Waals surface area contributed by atoms with Crippen molar-refractivity contribution in [3.05, 3.63) is 45.2 Å². The van der Waals surface area contributed by atoms with Crippen LogP contribution in [-0.4, -0.2) is 16.1 Å². The minimum Gasteiger partial charge on any atom is -0.445 e. The molecule has 0 atom stereocenters. The van der Waals surface area contributed by atoms with Crippen LogP contribution < -0.4 is 62.6 Å². The first-order chi connectivity index (χ1) is 7.23. The van der Waals surface area contributed by atoms with E-state index in [0.717, 1.165) is 10.6 Å². The summed E-state index contributed by atoms with van der Waals surface area (Å²) >= 11 is 0. The molecule has 0 aromatic carbocycles. The summed E-state index contributed by atoms with van der Waals surface area (Å²) in [5.41, 5.74) is -2.65. The molecule has 88 valence electrons. The molecule has 1 aromatic heterocycles. The van der Waals surface area contributed by atoms with Crippen molar-refractivity contribution in [3.63, 3.8) is 0 Å². The summed E-state index contributed by atoms with van der Waals surface area (Å²) in [6.07, 6.45) is 1.20. The normalized spacial score (nSPS) is 10.8. The van der Waals surface area contributed by atoms with Crippen molar-refractivity contribution in [3.8, 4) is 0 Å². The molecule has 0 saturated heterocycles. The van der Waals surface area contributed by atoms with Crippen LogP contribution >= 0.6 is 0 Å². The Morgan fingerprint density at radius 3 is 2.41 bits per heavy atom. The smallest absolute Gasteiger partial charge is 0.445 e. The summed E-state index contributed by atoms with van der Waals surface area (Å²) < 4.78 is 38.2. The number of halogens is 3. The first-order valence-electron chi connectivity index (χ1n) is 4.37. The molecule has 0 N–H and O–H groups in total. The number of nitrogens with zero attached hydrogens (tertiary/aromatic N) is 2. The van der Waals surface area contributed by atoms with Gasteiger partial charge >= 0.3 is 64.1 Å². The first-order valence-corrected chi connectivity index (χ1v) is 4.37. The molecule has 0 aliphatic carbocycles. The van der Waals surface area contributed by atoms with Crippen LogP contribution in [0.25, 0.3) is 0 Å². The van der Waals surface area contributed by atoms with Crippen LogP contribution in [0.15, 0.2) is 33.9 Å². The van der Waals surface area contributed by atoms with E-state index in [-0.39, 0.29) is 51.4 Å². The van der Waals surface area contributed by atoms with Crippen LogP contribution in [0.2, 0.25) is 0 Å². The van der Waals surface area contributed by atoms with Gasteiger partial charge in [0.25, 0.3) is 5.56 Å². The van der Waals surface area contributed by atoms with Gasteiger partial charge in [0.2, 0.25) is 0 Å². The summed E-state index contributed by atoms with van der Waals surface area (Å²) in [4.78, 5) is 22.6. The molecule has 1 rings (SSSR count). The van der Waals surface area contributed by atoms with Crippen LogP contribution in [0, 0.1) is 0 Å². The van der Waals surface area contributed by atoms with Crippen molar-refractivity contribution in [2.45, 2.75) is 6.54 Å². The van der Waals surface area contributed by atoms with Crippen LogP contribution in [-0.2, 0) is 13.6 Å². The van der Waals surface area contributed by atoms with Crippen molar-refractivity contribution in [1.82, 2.24) is 9.13 Å². The molecule has 1 heterocycles. The summed E-state index contributed by atoms with van der Waals surface area (Å²) in [6, 6.07) is 1.03. The zero-order valence-electron chi connectivity index (χ0n) is 9.49. The van der Waals surface area contributed by atoms with Gasteiger partial charge in [0.1, 0.15) is 0 Å². The van der Waals surface area contributed by atoms with Gasteiger partial charge in [-0.05, 0) is 0 Å². The fourth-order valence-electron chi connectivity index (χ4n) is 1.07. The minimum atomic E-state index is -5.24. The molecule has 0 amide bonds. The fraction of sp³-hybridized carbons (Fsp3) is 0.250. The second kappa shape index (κ2) is 6.19. The molecule has 9 heteroatoms. The molecule has 4 nitrogen and oxygen atoms in total. The molecule has 17 heavy (non-hydrogen) atoms. The van der Waals surface area contributed by atoms with E-state index >= 15 is 0 Å². The predicted octanol–water partition coefficient (Wildman–Crippen LogP) is -2.51. The standard InChI is InChI=1S/C8H9BF3N2O2.K/c1-6(9(10,11)12)5-14-7(15)3-4-13(2)8(14)16;/h3-4H,1,5H2,2H3;/q-1;+1. The Morgan fingerprint density at radius 2 is 1.94 bits per heavy atom. The van der Waals surface area contributed by atoms with Gasteiger partial charge in [-0.1, -0.05) is 0 Å². The van der Waals surface area contributed by atoms with Gasteiger partial charge in [0.05, 0.1) is 0 Å². The van der Waals surface area contributed by atoms with Crippen molar-refractivity contribution in [1.29, 1.82) is 0 Å². The minimum absolute atomic E-state index is 0. The Hall–Kier alpha value is -0.0887. The average Bonchev–Trinajstić information content (AvgIpc) is 2.17. The molecule has 0 unspecified atom stereocenters. The molecular formula is C8H9BF3KN2O2. The van der Waals surface area contributed by atoms with E-state index in [9.17, 15) is 22.5 Å². The molecule has 0 aliphatic rings. The van der Waals surface area contributed by atoms with E-state index in [1.165, 1.54) is 13.2 Å². The zero-order valence-corrected chi connectivity index (χ0v) is 12.6. The maximum Gasteiger partial charge on any atom is 1.00 e. The quantitative estimate of drug-likeness (QED) is 0.571.